The number of benzene rings is 3. The van der Waals surface area contributed by atoms with Crippen molar-refractivity contribution in [2.75, 3.05) is 24.3 Å². The van der Waals surface area contributed by atoms with Gasteiger partial charge < -0.3 is 25.9 Å². The van der Waals surface area contributed by atoms with Crippen molar-refractivity contribution >= 4 is 39.8 Å². The highest BCUT2D eigenvalue weighted by atomic mass is 32.2. The van der Waals surface area contributed by atoms with E-state index in [2.05, 4.69) is 51.8 Å². The van der Waals surface area contributed by atoms with Gasteiger partial charge in [-0.15, -0.1) is 11.8 Å². The Morgan fingerprint density at radius 1 is 1.09 bits per heavy atom. The topological polar surface area (TPSA) is 117 Å². The van der Waals surface area contributed by atoms with Crippen molar-refractivity contribution in [2.24, 2.45) is 0 Å². The maximum atomic E-state index is 12.8. The monoisotopic (exact) mass is 493 g/mol. The number of aromatic nitrogens is 1. The summed E-state index contributed by atoms with van der Waals surface area (Å²) in [4.78, 5) is 20.6. The Morgan fingerprint density at radius 3 is 2.71 bits per heavy atom. The number of anilines is 2. The number of carbonyl (C=O) groups is 1. The Labute approximate surface area is 210 Å². The summed E-state index contributed by atoms with van der Waals surface area (Å²) in [6.07, 6.45) is 6.65. The first-order valence-corrected chi connectivity index (χ1v) is 12.2. The lowest BCUT2D eigenvalue weighted by molar-refractivity contribution is 0.0950. The normalized spacial score (nSPS) is 12.4. The smallest absolute Gasteiger partial charge is 0.251 e. The first-order chi connectivity index (χ1) is 16.2. The average Bonchev–Trinajstić information content (AvgIpc) is 3.09. The Morgan fingerprint density at radius 2 is 1.91 bits per heavy atom. The lowest BCUT2D eigenvalue weighted by atomic mass is 10.1. The van der Waals surface area contributed by atoms with Crippen LogP contribution in [0.1, 0.15) is 23.8 Å². The molecule has 1 aliphatic heterocycles. The summed E-state index contributed by atoms with van der Waals surface area (Å²) in [5.74, 6) is 0.623. The molecule has 1 aromatic heterocycles. The van der Waals surface area contributed by atoms with E-state index in [0.717, 1.165) is 46.4 Å². The molecule has 7 nitrogen and oxygen atoms in total. The molecule has 0 atom stereocenters. The van der Waals surface area contributed by atoms with Crippen molar-refractivity contribution in [1.82, 2.24) is 10.3 Å². The number of thioether (sulfide) groups is 1. The zero-order valence-corrected chi connectivity index (χ0v) is 20.3. The van der Waals surface area contributed by atoms with E-state index in [1.807, 2.05) is 48.8 Å². The molecule has 0 saturated heterocycles. The van der Waals surface area contributed by atoms with E-state index in [1.165, 1.54) is 4.90 Å². The minimum atomic E-state index is -0.109. The first kappa shape index (κ1) is 26.0. The van der Waals surface area contributed by atoms with Crippen molar-refractivity contribution in [1.29, 1.82) is 0 Å². The van der Waals surface area contributed by atoms with E-state index in [0.29, 0.717) is 18.7 Å². The standard InChI is InChI=1S/C27H25N3O2S.2H2O.H2/c1-33-22-9-6-19(7-10-22)17-29-27(31)20-8-11-25-26(16-20)32-15-3-14-30(25)24-5-2-4-21-18-28-13-12-23(21)24;;;/h2,4-13,16,18H,3,14-15,17H2,1H3,(H,29,31);2*1H2;1H. The van der Waals surface area contributed by atoms with Gasteiger partial charge in [0, 0.05) is 53.8 Å². The summed E-state index contributed by atoms with van der Waals surface area (Å²) in [5, 5.41) is 5.27. The quantitative estimate of drug-likeness (QED) is 0.413. The lowest BCUT2D eigenvalue weighted by Crippen LogP contribution is -2.23. The Balaban J connectivity index is 0.00000152. The minimum Gasteiger partial charge on any atom is -0.491 e. The maximum absolute atomic E-state index is 12.8. The predicted octanol–water partition coefficient (Wildman–Crippen LogP) is 4.40. The number of pyridine rings is 1. The molecule has 184 valence electrons. The van der Waals surface area contributed by atoms with Crippen LogP contribution in [0, 0.1) is 0 Å². The fourth-order valence-corrected chi connectivity index (χ4v) is 4.55. The molecule has 0 fully saturated rings. The average molecular weight is 494 g/mol. The van der Waals surface area contributed by atoms with Gasteiger partial charge in [-0.05, 0) is 60.7 Å². The van der Waals surface area contributed by atoms with Gasteiger partial charge in [0.05, 0.1) is 12.3 Å². The van der Waals surface area contributed by atoms with Crippen LogP contribution in [0.4, 0.5) is 11.4 Å². The lowest BCUT2D eigenvalue weighted by Gasteiger charge is -2.25. The molecule has 0 aliphatic carbocycles. The number of rotatable bonds is 5. The van der Waals surface area contributed by atoms with Crippen LogP contribution in [0.5, 0.6) is 5.75 Å². The van der Waals surface area contributed by atoms with Crippen LogP contribution in [-0.4, -0.2) is 41.3 Å². The molecule has 0 spiro atoms. The summed E-state index contributed by atoms with van der Waals surface area (Å²) in [6, 6.07) is 22.2. The maximum Gasteiger partial charge on any atom is 0.251 e. The summed E-state index contributed by atoms with van der Waals surface area (Å²) in [5.41, 5.74) is 3.76. The van der Waals surface area contributed by atoms with Gasteiger partial charge in [-0.25, -0.2) is 0 Å². The Hall–Kier alpha value is -3.59. The van der Waals surface area contributed by atoms with Crippen LogP contribution in [-0.2, 0) is 6.54 Å². The highest BCUT2D eigenvalue weighted by Gasteiger charge is 2.21. The second-order valence-corrected chi connectivity index (χ2v) is 8.82. The molecule has 1 aliphatic rings. The van der Waals surface area contributed by atoms with Gasteiger partial charge in [0.1, 0.15) is 5.75 Å². The fraction of sp³-hybridized carbons (Fsp3) is 0.185. The molecular formula is C27H31N3O4S. The van der Waals surface area contributed by atoms with E-state index in [-0.39, 0.29) is 18.3 Å². The van der Waals surface area contributed by atoms with E-state index in [1.54, 1.807) is 11.8 Å². The number of fused-ring (bicyclic) bond motifs is 2. The number of nitrogens with zero attached hydrogens (tertiary/aromatic N) is 2. The summed E-state index contributed by atoms with van der Waals surface area (Å²) >= 11 is 1.70. The summed E-state index contributed by atoms with van der Waals surface area (Å²) in [7, 11) is 0. The van der Waals surface area contributed by atoms with E-state index in [9.17, 15) is 4.79 Å². The van der Waals surface area contributed by atoms with Gasteiger partial charge in [-0.2, -0.15) is 0 Å². The molecule has 2 heterocycles. The largest absolute Gasteiger partial charge is 0.491 e. The zero-order valence-electron chi connectivity index (χ0n) is 19.5. The van der Waals surface area contributed by atoms with Crippen LogP contribution >= 0.6 is 11.8 Å². The summed E-state index contributed by atoms with van der Waals surface area (Å²) in [6.45, 7) is 1.94. The number of amides is 1. The highest BCUT2D eigenvalue weighted by Crippen LogP contribution is 2.39. The molecule has 4 aromatic rings. The van der Waals surface area contributed by atoms with Crippen molar-refractivity contribution in [3.05, 3.63) is 90.3 Å². The van der Waals surface area contributed by atoms with Gasteiger partial charge in [0.25, 0.3) is 5.91 Å². The van der Waals surface area contributed by atoms with Gasteiger partial charge in [-0.3, -0.25) is 9.78 Å². The highest BCUT2D eigenvalue weighted by molar-refractivity contribution is 7.98. The third-order valence-electron chi connectivity index (χ3n) is 5.86. The van der Waals surface area contributed by atoms with Crippen molar-refractivity contribution in [3.63, 3.8) is 0 Å². The van der Waals surface area contributed by atoms with Crippen LogP contribution in [0.3, 0.4) is 0 Å². The van der Waals surface area contributed by atoms with E-state index < -0.39 is 0 Å². The van der Waals surface area contributed by atoms with Gasteiger partial charge in [-0.1, -0.05) is 24.3 Å². The second kappa shape index (κ2) is 11.7. The molecule has 5 N–H and O–H groups in total. The van der Waals surface area contributed by atoms with E-state index in [4.69, 9.17) is 4.74 Å². The predicted molar refractivity (Wildman–Crippen MR) is 144 cm³/mol. The Bertz CT molecular complexity index is 1300. The molecule has 3 aromatic carbocycles. The third-order valence-corrected chi connectivity index (χ3v) is 6.60. The van der Waals surface area contributed by atoms with E-state index >= 15 is 0 Å². The molecule has 5 rings (SSSR count). The fourth-order valence-electron chi connectivity index (χ4n) is 4.14. The molecule has 8 heteroatoms. The number of ether oxygens (including phenoxy) is 1. The van der Waals surface area contributed by atoms with Gasteiger partial charge in [0.15, 0.2) is 0 Å². The minimum absolute atomic E-state index is 0. The molecule has 0 radical (unpaired) electrons. The number of hydrogen-bond donors (Lipinski definition) is 1. The van der Waals surface area contributed by atoms with Crippen LogP contribution in [0.25, 0.3) is 10.8 Å². The Kier molecular flexibility index (Phi) is 8.70. The van der Waals surface area contributed by atoms with Gasteiger partial charge in [0.2, 0.25) is 0 Å². The molecule has 0 unspecified atom stereocenters. The van der Waals surface area contributed by atoms with Crippen molar-refractivity contribution < 1.29 is 21.9 Å². The molecule has 0 saturated carbocycles. The van der Waals surface area contributed by atoms with Crippen LogP contribution in [0.2, 0.25) is 0 Å². The second-order valence-electron chi connectivity index (χ2n) is 7.94. The zero-order chi connectivity index (χ0) is 22.6. The van der Waals surface area contributed by atoms with Crippen LogP contribution in [0.15, 0.2) is 84.0 Å². The van der Waals surface area contributed by atoms with Crippen molar-refractivity contribution in [3.8, 4) is 5.75 Å². The molecular weight excluding hydrogens is 462 g/mol. The SMILES string of the molecule is CSc1ccc(CNC(=O)c2ccc3c(c2)OCCCN3c2cccc3cnccc23)cc1.O.O.[HH]. The van der Waals surface area contributed by atoms with Crippen LogP contribution < -0.4 is 15.0 Å². The molecule has 35 heavy (non-hydrogen) atoms. The molecule has 1 amide bonds. The third kappa shape index (κ3) is 5.57. The van der Waals surface area contributed by atoms with Crippen molar-refractivity contribution in [2.45, 2.75) is 17.9 Å². The number of hydrogen-bond acceptors (Lipinski definition) is 5. The summed E-state index contributed by atoms with van der Waals surface area (Å²) < 4.78 is 6.06. The van der Waals surface area contributed by atoms with Gasteiger partial charge >= 0.3 is 0 Å². The number of carbonyl (C=O) groups excluding carboxylic acids is 1. The number of nitrogens with one attached hydrogen (secondary N) is 1. The first-order valence-electron chi connectivity index (χ1n) is 11.0. The molecule has 0 bridgehead atoms.